The van der Waals surface area contributed by atoms with Crippen LogP contribution in [-0.4, -0.2) is 23.9 Å². The maximum atomic E-state index is 11.8. The minimum atomic E-state index is -0.909. The summed E-state index contributed by atoms with van der Waals surface area (Å²) >= 11 is 3.55. The van der Waals surface area contributed by atoms with Crippen LogP contribution in [-0.2, 0) is 17.8 Å². The Hall–Kier alpha value is -1.27. The SMILES string of the molecule is CCN1CCc2c(Br)cc3c(c2C1)NC(=O)C3N=O. The third-order valence-corrected chi connectivity index (χ3v) is 4.64. The summed E-state index contributed by atoms with van der Waals surface area (Å²) in [5.74, 6) is -0.320. The maximum absolute atomic E-state index is 11.8. The zero-order valence-corrected chi connectivity index (χ0v) is 12.2. The number of halogens is 1. The third-order valence-electron chi connectivity index (χ3n) is 3.93. The van der Waals surface area contributed by atoms with Crippen molar-refractivity contribution in [3.8, 4) is 0 Å². The molecular weight excluding hydrogens is 310 g/mol. The molecule has 1 unspecified atom stereocenters. The van der Waals surface area contributed by atoms with Crippen molar-refractivity contribution >= 4 is 27.5 Å². The van der Waals surface area contributed by atoms with Gasteiger partial charge in [-0.25, -0.2) is 0 Å². The van der Waals surface area contributed by atoms with Crippen LogP contribution in [0.25, 0.3) is 0 Å². The Morgan fingerprint density at radius 3 is 3.00 bits per heavy atom. The van der Waals surface area contributed by atoms with Gasteiger partial charge in [-0.15, -0.1) is 4.91 Å². The molecule has 1 amide bonds. The number of amides is 1. The number of carbonyl (C=O) groups excluding carboxylic acids is 1. The van der Waals surface area contributed by atoms with Crippen LogP contribution in [0.2, 0.25) is 0 Å². The smallest absolute Gasteiger partial charge is 0.257 e. The van der Waals surface area contributed by atoms with Crippen molar-refractivity contribution in [1.29, 1.82) is 0 Å². The second-order valence-electron chi connectivity index (χ2n) is 4.90. The standard InChI is InChI=1S/C13H14BrN3O2/c1-2-17-4-3-7-9(6-17)11-8(5-10(7)14)12(16-19)13(18)15-11/h5,12H,2-4,6H2,1H3,(H,15,18). The van der Waals surface area contributed by atoms with E-state index in [-0.39, 0.29) is 5.91 Å². The lowest BCUT2D eigenvalue weighted by molar-refractivity contribution is -0.116. The number of benzene rings is 1. The van der Waals surface area contributed by atoms with Gasteiger partial charge in [0.25, 0.3) is 5.91 Å². The summed E-state index contributed by atoms with van der Waals surface area (Å²) in [5.41, 5.74) is 3.85. The van der Waals surface area contributed by atoms with E-state index in [4.69, 9.17) is 0 Å². The average molecular weight is 324 g/mol. The van der Waals surface area contributed by atoms with Gasteiger partial charge < -0.3 is 5.32 Å². The molecule has 2 aliphatic rings. The van der Waals surface area contributed by atoms with Crippen LogP contribution in [0, 0.1) is 4.91 Å². The van der Waals surface area contributed by atoms with Gasteiger partial charge in [0.1, 0.15) is 0 Å². The minimum Gasteiger partial charge on any atom is -0.323 e. The average Bonchev–Trinajstić information content (AvgIpc) is 2.74. The Morgan fingerprint density at radius 2 is 2.32 bits per heavy atom. The van der Waals surface area contributed by atoms with Gasteiger partial charge in [-0.3, -0.25) is 9.69 Å². The molecule has 0 radical (unpaired) electrons. The number of carbonyl (C=O) groups is 1. The van der Waals surface area contributed by atoms with Crippen LogP contribution in [0.3, 0.4) is 0 Å². The number of hydrogen-bond donors (Lipinski definition) is 1. The Morgan fingerprint density at radius 1 is 1.53 bits per heavy atom. The van der Waals surface area contributed by atoms with Crippen LogP contribution in [0.1, 0.15) is 29.7 Å². The van der Waals surface area contributed by atoms with Gasteiger partial charge in [0.05, 0.1) is 5.69 Å². The Balaban J connectivity index is 2.14. The van der Waals surface area contributed by atoms with E-state index in [0.29, 0.717) is 5.56 Å². The van der Waals surface area contributed by atoms with Crippen molar-refractivity contribution in [1.82, 2.24) is 4.90 Å². The van der Waals surface area contributed by atoms with Gasteiger partial charge in [-0.05, 0) is 30.2 Å². The van der Waals surface area contributed by atoms with E-state index < -0.39 is 6.04 Å². The summed E-state index contributed by atoms with van der Waals surface area (Å²) in [6.07, 6.45) is 0.950. The van der Waals surface area contributed by atoms with Gasteiger partial charge in [0.2, 0.25) is 0 Å². The van der Waals surface area contributed by atoms with Crippen LogP contribution < -0.4 is 5.32 Å². The maximum Gasteiger partial charge on any atom is 0.257 e. The summed E-state index contributed by atoms with van der Waals surface area (Å²) in [6.45, 7) is 4.92. The Labute approximate surface area is 119 Å². The molecule has 6 heteroatoms. The molecule has 0 saturated heterocycles. The van der Waals surface area contributed by atoms with Crippen molar-refractivity contribution in [2.24, 2.45) is 5.18 Å². The fourth-order valence-corrected chi connectivity index (χ4v) is 3.54. The van der Waals surface area contributed by atoms with Gasteiger partial charge >= 0.3 is 0 Å². The van der Waals surface area contributed by atoms with Crippen LogP contribution in [0.15, 0.2) is 15.7 Å². The zero-order chi connectivity index (χ0) is 13.6. The van der Waals surface area contributed by atoms with Crippen molar-refractivity contribution in [3.05, 3.63) is 32.1 Å². The molecule has 19 heavy (non-hydrogen) atoms. The predicted octanol–water partition coefficient (Wildman–Crippen LogP) is 2.59. The molecule has 1 aromatic rings. The molecule has 1 aromatic carbocycles. The summed E-state index contributed by atoms with van der Waals surface area (Å²) < 4.78 is 0.974. The molecule has 1 N–H and O–H groups in total. The first-order chi connectivity index (χ1) is 9.15. The van der Waals surface area contributed by atoms with Gasteiger partial charge in [0.15, 0.2) is 6.04 Å². The number of nitrogens with zero attached hydrogens (tertiary/aromatic N) is 2. The first kappa shape index (κ1) is 12.7. The number of hydrogen-bond acceptors (Lipinski definition) is 4. The first-order valence-electron chi connectivity index (χ1n) is 6.35. The van der Waals surface area contributed by atoms with E-state index in [1.807, 2.05) is 6.07 Å². The number of nitroso groups, excluding NO2 is 1. The van der Waals surface area contributed by atoms with Crippen molar-refractivity contribution in [2.75, 3.05) is 18.4 Å². The molecular formula is C13H14BrN3O2. The monoisotopic (exact) mass is 323 g/mol. The normalized spacial score (nSPS) is 21.8. The number of rotatable bonds is 2. The number of nitrogens with one attached hydrogen (secondary N) is 1. The molecule has 0 aromatic heterocycles. The van der Waals surface area contributed by atoms with Gasteiger partial charge in [-0.2, -0.15) is 0 Å². The second kappa shape index (κ2) is 4.68. The van der Waals surface area contributed by atoms with Crippen LogP contribution in [0.4, 0.5) is 5.69 Å². The Bertz CT molecular complexity index is 573. The van der Waals surface area contributed by atoms with Crippen molar-refractivity contribution < 1.29 is 4.79 Å². The highest BCUT2D eigenvalue weighted by Gasteiger charge is 2.36. The largest absolute Gasteiger partial charge is 0.323 e. The molecule has 2 heterocycles. The highest BCUT2D eigenvalue weighted by Crippen LogP contribution is 2.42. The summed E-state index contributed by atoms with van der Waals surface area (Å²) in [7, 11) is 0. The summed E-state index contributed by atoms with van der Waals surface area (Å²) in [6, 6.07) is 0.952. The molecule has 0 spiro atoms. The molecule has 2 aliphatic heterocycles. The number of fused-ring (bicyclic) bond motifs is 3. The van der Waals surface area contributed by atoms with E-state index in [9.17, 15) is 9.70 Å². The van der Waals surface area contributed by atoms with Crippen molar-refractivity contribution in [2.45, 2.75) is 25.9 Å². The van der Waals surface area contributed by atoms with E-state index in [1.165, 1.54) is 5.56 Å². The quantitative estimate of drug-likeness (QED) is 0.851. The van der Waals surface area contributed by atoms with Crippen LogP contribution >= 0.6 is 15.9 Å². The van der Waals surface area contributed by atoms with Gasteiger partial charge in [-0.1, -0.05) is 28.0 Å². The van der Waals surface area contributed by atoms with E-state index in [2.05, 4.69) is 38.2 Å². The molecule has 5 nitrogen and oxygen atoms in total. The van der Waals surface area contributed by atoms with Crippen LogP contribution in [0.5, 0.6) is 0 Å². The van der Waals surface area contributed by atoms with E-state index >= 15 is 0 Å². The molecule has 0 saturated carbocycles. The lowest BCUT2D eigenvalue weighted by Gasteiger charge is -2.29. The lowest BCUT2D eigenvalue weighted by Crippen LogP contribution is -2.31. The first-order valence-corrected chi connectivity index (χ1v) is 7.14. The fraction of sp³-hybridized carbons (Fsp3) is 0.462. The molecule has 0 aliphatic carbocycles. The third kappa shape index (κ3) is 1.90. The Kier molecular flexibility index (Phi) is 3.14. The zero-order valence-electron chi connectivity index (χ0n) is 10.6. The van der Waals surface area contributed by atoms with E-state index in [1.54, 1.807) is 0 Å². The number of anilines is 1. The lowest BCUT2D eigenvalue weighted by atomic mass is 9.94. The summed E-state index contributed by atoms with van der Waals surface area (Å²) in [4.78, 5) is 24.9. The molecule has 0 fully saturated rings. The second-order valence-corrected chi connectivity index (χ2v) is 5.75. The molecule has 0 bridgehead atoms. The summed E-state index contributed by atoms with van der Waals surface area (Å²) in [5, 5.41) is 5.76. The van der Waals surface area contributed by atoms with E-state index in [0.717, 1.165) is 41.8 Å². The fourth-order valence-electron chi connectivity index (χ4n) is 2.85. The molecule has 3 rings (SSSR count). The highest BCUT2D eigenvalue weighted by atomic mass is 79.9. The minimum absolute atomic E-state index is 0.320. The molecule has 100 valence electrons. The predicted molar refractivity (Wildman–Crippen MR) is 76.0 cm³/mol. The highest BCUT2D eigenvalue weighted by molar-refractivity contribution is 9.10. The van der Waals surface area contributed by atoms with Gasteiger partial charge in [0, 0.05) is 23.1 Å². The van der Waals surface area contributed by atoms with Crippen molar-refractivity contribution in [3.63, 3.8) is 0 Å². The topological polar surface area (TPSA) is 61.8 Å². The molecule has 1 atom stereocenters. The number of likely N-dealkylation sites (N-methyl/N-ethyl adjacent to an activating group) is 1.